The number of carbonyl (C=O) groups is 1. The molecule has 2 N–H and O–H groups in total. The van der Waals surface area contributed by atoms with E-state index in [4.69, 9.17) is 16.3 Å². The van der Waals surface area contributed by atoms with Gasteiger partial charge in [-0.05, 0) is 60.4 Å². The number of halogens is 1. The van der Waals surface area contributed by atoms with Gasteiger partial charge in [0.1, 0.15) is 11.8 Å². The molecule has 0 heterocycles. The lowest BCUT2D eigenvalue weighted by Crippen LogP contribution is -2.47. The van der Waals surface area contributed by atoms with E-state index in [9.17, 15) is 13.2 Å². The Bertz CT molecular complexity index is 1170. The highest BCUT2D eigenvalue weighted by molar-refractivity contribution is 7.89. The van der Waals surface area contributed by atoms with Crippen LogP contribution in [0.2, 0.25) is 5.02 Å². The lowest BCUT2D eigenvalue weighted by atomic mass is 10.1. The molecule has 0 saturated carbocycles. The second kappa shape index (κ2) is 10.6. The molecule has 0 aromatic heterocycles. The molecular weight excluding hydrogens is 448 g/mol. The van der Waals surface area contributed by atoms with E-state index in [0.717, 1.165) is 11.1 Å². The van der Waals surface area contributed by atoms with Crippen molar-refractivity contribution in [2.45, 2.75) is 30.8 Å². The van der Waals surface area contributed by atoms with Gasteiger partial charge in [0.25, 0.3) is 0 Å². The van der Waals surface area contributed by atoms with E-state index < -0.39 is 22.0 Å². The average molecular weight is 473 g/mol. The summed E-state index contributed by atoms with van der Waals surface area (Å²) in [4.78, 5) is 13.0. The summed E-state index contributed by atoms with van der Waals surface area (Å²) < 4.78 is 33.9. The predicted molar refractivity (Wildman–Crippen MR) is 125 cm³/mol. The molecule has 168 valence electrons. The van der Waals surface area contributed by atoms with Crippen molar-refractivity contribution < 1.29 is 17.9 Å². The highest BCUT2D eigenvalue weighted by Crippen LogP contribution is 2.21. The molecule has 0 aliphatic heterocycles. The molecular formula is C24H25ClN2O4S. The van der Waals surface area contributed by atoms with Crippen molar-refractivity contribution in [3.63, 3.8) is 0 Å². The zero-order valence-corrected chi connectivity index (χ0v) is 19.4. The van der Waals surface area contributed by atoms with Crippen LogP contribution < -0.4 is 14.8 Å². The van der Waals surface area contributed by atoms with Gasteiger partial charge in [0.15, 0.2) is 0 Å². The van der Waals surface area contributed by atoms with Crippen LogP contribution >= 0.6 is 11.6 Å². The molecule has 0 bridgehead atoms. The first kappa shape index (κ1) is 23.8. The van der Waals surface area contributed by atoms with Crippen molar-refractivity contribution in [1.82, 2.24) is 10.0 Å². The predicted octanol–water partition coefficient (Wildman–Crippen LogP) is 3.86. The largest absolute Gasteiger partial charge is 0.496 e. The lowest BCUT2D eigenvalue weighted by molar-refractivity contribution is -0.122. The minimum atomic E-state index is -3.94. The first-order valence-electron chi connectivity index (χ1n) is 10.0. The Balaban J connectivity index is 1.80. The monoisotopic (exact) mass is 472 g/mol. The van der Waals surface area contributed by atoms with E-state index in [-0.39, 0.29) is 17.9 Å². The van der Waals surface area contributed by atoms with Gasteiger partial charge < -0.3 is 10.1 Å². The molecule has 6 nitrogen and oxygen atoms in total. The number of hydrogen-bond donors (Lipinski definition) is 2. The summed E-state index contributed by atoms with van der Waals surface area (Å²) in [5.41, 5.74) is 2.38. The molecule has 0 aliphatic carbocycles. The Morgan fingerprint density at radius 2 is 1.69 bits per heavy atom. The van der Waals surface area contributed by atoms with E-state index in [0.29, 0.717) is 16.3 Å². The maximum Gasteiger partial charge on any atom is 0.241 e. The molecule has 1 atom stereocenters. The molecule has 0 aliphatic rings. The van der Waals surface area contributed by atoms with E-state index in [2.05, 4.69) is 10.0 Å². The number of aryl methyl sites for hydroxylation is 1. The van der Waals surface area contributed by atoms with Crippen LogP contribution in [0.5, 0.6) is 5.75 Å². The number of nitrogens with one attached hydrogen (secondary N) is 2. The van der Waals surface area contributed by atoms with Crippen LogP contribution in [-0.2, 0) is 27.8 Å². The normalized spacial score (nSPS) is 12.2. The van der Waals surface area contributed by atoms with Gasteiger partial charge in [0, 0.05) is 11.6 Å². The number of benzene rings is 3. The molecule has 0 unspecified atom stereocenters. The van der Waals surface area contributed by atoms with Crippen LogP contribution in [0, 0.1) is 6.92 Å². The summed E-state index contributed by atoms with van der Waals surface area (Å²) >= 11 is 5.90. The van der Waals surface area contributed by atoms with Crippen LogP contribution in [0.4, 0.5) is 0 Å². The van der Waals surface area contributed by atoms with Crippen LogP contribution in [0.1, 0.15) is 16.7 Å². The minimum absolute atomic E-state index is 0.0689. The van der Waals surface area contributed by atoms with Crippen molar-refractivity contribution in [2.24, 2.45) is 0 Å². The fourth-order valence-electron chi connectivity index (χ4n) is 3.23. The van der Waals surface area contributed by atoms with Gasteiger partial charge >= 0.3 is 0 Å². The molecule has 0 saturated heterocycles. The smallest absolute Gasteiger partial charge is 0.241 e. The average Bonchev–Trinajstić information content (AvgIpc) is 2.78. The maximum atomic E-state index is 13.1. The quantitative estimate of drug-likeness (QED) is 0.495. The summed E-state index contributed by atoms with van der Waals surface area (Å²) in [6, 6.07) is 19.9. The molecule has 0 radical (unpaired) electrons. The fourth-order valence-corrected chi connectivity index (χ4v) is 4.63. The Kier molecular flexibility index (Phi) is 7.90. The third-order valence-electron chi connectivity index (χ3n) is 4.95. The second-order valence-corrected chi connectivity index (χ2v) is 9.49. The second-order valence-electron chi connectivity index (χ2n) is 7.34. The van der Waals surface area contributed by atoms with Crippen LogP contribution in [0.25, 0.3) is 0 Å². The highest BCUT2D eigenvalue weighted by atomic mass is 35.5. The van der Waals surface area contributed by atoms with Crippen LogP contribution in [-0.4, -0.2) is 27.5 Å². The summed E-state index contributed by atoms with van der Waals surface area (Å²) in [5, 5.41) is 3.41. The summed E-state index contributed by atoms with van der Waals surface area (Å²) in [7, 11) is -2.42. The zero-order chi connectivity index (χ0) is 23.1. The number of carbonyl (C=O) groups excluding carboxylic acids is 1. The highest BCUT2D eigenvalue weighted by Gasteiger charge is 2.26. The SMILES string of the molecule is COc1ccc(S(=O)(=O)N[C@@H](Cc2ccccc2)C(=O)NCc2ccc(Cl)cc2)cc1C. The van der Waals surface area contributed by atoms with Crippen molar-refractivity contribution in [3.05, 3.63) is 94.5 Å². The molecule has 3 rings (SSSR count). The third-order valence-corrected chi connectivity index (χ3v) is 6.67. The van der Waals surface area contributed by atoms with Crippen molar-refractivity contribution in [2.75, 3.05) is 7.11 Å². The lowest BCUT2D eigenvalue weighted by Gasteiger charge is -2.19. The molecule has 3 aromatic carbocycles. The van der Waals surface area contributed by atoms with Crippen molar-refractivity contribution in [3.8, 4) is 5.75 Å². The van der Waals surface area contributed by atoms with Gasteiger partial charge in [0.05, 0.1) is 12.0 Å². The van der Waals surface area contributed by atoms with E-state index in [1.165, 1.54) is 19.2 Å². The van der Waals surface area contributed by atoms with Gasteiger partial charge in [-0.2, -0.15) is 4.72 Å². The Labute approximate surface area is 193 Å². The number of ether oxygens (including phenoxy) is 1. The van der Waals surface area contributed by atoms with E-state index in [1.807, 2.05) is 30.3 Å². The van der Waals surface area contributed by atoms with Crippen LogP contribution in [0.15, 0.2) is 77.7 Å². The number of hydrogen-bond acceptors (Lipinski definition) is 4. The first-order chi connectivity index (χ1) is 15.3. The van der Waals surface area contributed by atoms with Gasteiger partial charge in [-0.3, -0.25) is 4.79 Å². The van der Waals surface area contributed by atoms with E-state index >= 15 is 0 Å². The number of methoxy groups -OCH3 is 1. The molecule has 32 heavy (non-hydrogen) atoms. The minimum Gasteiger partial charge on any atom is -0.496 e. The maximum absolute atomic E-state index is 13.1. The third kappa shape index (κ3) is 6.32. The standard InChI is InChI=1S/C24H25ClN2O4S/c1-17-14-21(12-13-23(17)31-2)32(29,30)27-22(15-18-6-4-3-5-7-18)24(28)26-16-19-8-10-20(25)11-9-19/h3-14,22,27H,15-16H2,1-2H3,(H,26,28)/t22-/m0/s1. The van der Waals surface area contributed by atoms with Gasteiger partial charge in [-0.1, -0.05) is 54.1 Å². The molecule has 1 amide bonds. The molecule has 8 heteroatoms. The summed E-state index contributed by atoms with van der Waals surface area (Å²) in [5.74, 6) is 0.170. The Morgan fingerprint density at radius 3 is 2.31 bits per heavy atom. The van der Waals surface area contributed by atoms with Gasteiger partial charge in [0.2, 0.25) is 15.9 Å². The first-order valence-corrected chi connectivity index (χ1v) is 11.9. The Morgan fingerprint density at radius 1 is 1.00 bits per heavy atom. The molecule has 0 fully saturated rings. The van der Waals surface area contributed by atoms with Gasteiger partial charge in [-0.25, -0.2) is 8.42 Å². The number of sulfonamides is 1. The van der Waals surface area contributed by atoms with Gasteiger partial charge in [-0.15, -0.1) is 0 Å². The topological polar surface area (TPSA) is 84.5 Å². The fraction of sp³-hybridized carbons (Fsp3) is 0.208. The summed E-state index contributed by atoms with van der Waals surface area (Å²) in [6.45, 7) is 2.02. The van der Waals surface area contributed by atoms with Crippen molar-refractivity contribution in [1.29, 1.82) is 0 Å². The zero-order valence-electron chi connectivity index (χ0n) is 17.8. The molecule has 0 spiro atoms. The molecule has 3 aromatic rings. The number of amides is 1. The summed E-state index contributed by atoms with van der Waals surface area (Å²) in [6.07, 6.45) is 0.210. The van der Waals surface area contributed by atoms with Crippen molar-refractivity contribution >= 4 is 27.5 Å². The van der Waals surface area contributed by atoms with Crippen LogP contribution in [0.3, 0.4) is 0 Å². The number of rotatable bonds is 9. The Hall–Kier alpha value is -2.87. The van der Waals surface area contributed by atoms with E-state index in [1.54, 1.807) is 37.3 Å².